The fourth-order valence-electron chi connectivity index (χ4n) is 1.50. The lowest BCUT2D eigenvalue weighted by atomic mass is 10.1. The number of carbonyl (C=O) groups is 1. The van der Waals surface area contributed by atoms with Crippen LogP contribution in [0, 0.1) is 0 Å². The first-order chi connectivity index (χ1) is 6.74. The predicted octanol–water partition coefficient (Wildman–Crippen LogP) is 0.721. The van der Waals surface area contributed by atoms with Crippen molar-refractivity contribution >= 4 is 5.78 Å². The van der Waals surface area contributed by atoms with Gasteiger partial charge in [-0.2, -0.15) is 0 Å². The number of ether oxygens (including phenoxy) is 2. The molecular weight excluding hydrogens is 210 g/mol. The fourth-order valence-corrected chi connectivity index (χ4v) is 1.50. The Morgan fingerprint density at radius 2 is 1.93 bits per heavy atom. The molecule has 0 aromatic carbocycles. The normalized spacial score (nSPS) is 31.9. The zero-order valence-electron chi connectivity index (χ0n) is 8.74. The number of carbonyl (C=O) groups excluding carboxylic acids is 1. The Bertz CT molecular complexity index is 254. The standard InChI is InChI=1S/C9H14F2O4/c1-4(12)6-7(5(13)8(10)11)15-9(2,3)14-6/h5-8,13H,1-3H3/t5-,6-,7+/m0/s1. The molecule has 0 unspecified atom stereocenters. The molecule has 1 fully saturated rings. The second kappa shape index (κ2) is 4.11. The topological polar surface area (TPSA) is 55.8 Å². The molecule has 1 aliphatic heterocycles. The zero-order valence-corrected chi connectivity index (χ0v) is 8.74. The Labute approximate surface area is 86.2 Å². The number of Topliss-reactive ketones (excluding diaryl/α,β-unsaturated/α-hetero) is 1. The first-order valence-electron chi connectivity index (χ1n) is 4.57. The van der Waals surface area contributed by atoms with Crippen molar-refractivity contribution in [2.24, 2.45) is 0 Å². The van der Waals surface area contributed by atoms with E-state index in [1.54, 1.807) is 0 Å². The molecule has 0 bridgehead atoms. The smallest absolute Gasteiger partial charge is 0.266 e. The maximum absolute atomic E-state index is 12.3. The number of aliphatic hydroxyl groups is 1. The van der Waals surface area contributed by atoms with Crippen molar-refractivity contribution in [1.29, 1.82) is 0 Å². The maximum atomic E-state index is 12.3. The minimum absolute atomic E-state index is 0.440. The SMILES string of the molecule is CC(=O)[C@@H]1OC(C)(C)O[C@@H]1[C@H](O)C(F)F. The maximum Gasteiger partial charge on any atom is 0.266 e. The third kappa shape index (κ3) is 2.70. The Kier molecular flexibility index (Phi) is 3.42. The average molecular weight is 224 g/mol. The molecule has 1 rings (SSSR count). The van der Waals surface area contributed by atoms with Crippen LogP contribution in [0.2, 0.25) is 0 Å². The summed E-state index contributed by atoms with van der Waals surface area (Å²) in [4.78, 5) is 11.1. The summed E-state index contributed by atoms with van der Waals surface area (Å²) in [6, 6.07) is 0. The molecule has 15 heavy (non-hydrogen) atoms. The van der Waals surface area contributed by atoms with Crippen LogP contribution in [0.25, 0.3) is 0 Å². The van der Waals surface area contributed by atoms with Gasteiger partial charge in [-0.05, 0) is 20.8 Å². The van der Waals surface area contributed by atoms with Gasteiger partial charge in [-0.15, -0.1) is 0 Å². The van der Waals surface area contributed by atoms with Crippen LogP contribution >= 0.6 is 0 Å². The number of alkyl halides is 2. The number of rotatable bonds is 3. The molecule has 0 amide bonds. The van der Waals surface area contributed by atoms with Crippen LogP contribution in [0.3, 0.4) is 0 Å². The molecule has 1 saturated heterocycles. The Morgan fingerprint density at radius 1 is 1.40 bits per heavy atom. The Morgan fingerprint density at radius 3 is 2.33 bits per heavy atom. The van der Waals surface area contributed by atoms with Gasteiger partial charge in [-0.1, -0.05) is 0 Å². The predicted molar refractivity (Wildman–Crippen MR) is 46.5 cm³/mol. The highest BCUT2D eigenvalue weighted by Crippen LogP contribution is 2.31. The second-order valence-electron chi connectivity index (χ2n) is 3.96. The highest BCUT2D eigenvalue weighted by atomic mass is 19.3. The molecule has 6 heteroatoms. The van der Waals surface area contributed by atoms with Crippen molar-refractivity contribution in [3.63, 3.8) is 0 Å². The van der Waals surface area contributed by atoms with Crippen molar-refractivity contribution < 1.29 is 28.2 Å². The minimum Gasteiger partial charge on any atom is -0.384 e. The lowest BCUT2D eigenvalue weighted by Gasteiger charge is -2.20. The van der Waals surface area contributed by atoms with Gasteiger partial charge in [0, 0.05) is 0 Å². The van der Waals surface area contributed by atoms with Gasteiger partial charge >= 0.3 is 0 Å². The molecular formula is C9H14F2O4. The van der Waals surface area contributed by atoms with Crippen molar-refractivity contribution in [2.45, 2.75) is 51.3 Å². The van der Waals surface area contributed by atoms with Crippen molar-refractivity contribution in [2.75, 3.05) is 0 Å². The minimum atomic E-state index is -2.96. The number of halogens is 2. The number of hydrogen-bond donors (Lipinski definition) is 1. The first kappa shape index (κ1) is 12.5. The number of ketones is 1. The van der Waals surface area contributed by atoms with E-state index in [0.717, 1.165) is 0 Å². The Hall–Kier alpha value is -0.590. The summed E-state index contributed by atoms with van der Waals surface area (Å²) in [6.07, 6.45) is -7.42. The van der Waals surface area contributed by atoms with E-state index in [4.69, 9.17) is 9.47 Å². The van der Waals surface area contributed by atoms with E-state index in [0.29, 0.717) is 0 Å². The first-order valence-corrected chi connectivity index (χ1v) is 4.57. The van der Waals surface area contributed by atoms with Gasteiger partial charge in [-0.25, -0.2) is 8.78 Å². The molecule has 0 aromatic rings. The third-order valence-electron chi connectivity index (χ3n) is 2.12. The van der Waals surface area contributed by atoms with Gasteiger partial charge in [0.25, 0.3) is 6.43 Å². The molecule has 0 saturated carbocycles. The van der Waals surface area contributed by atoms with E-state index in [2.05, 4.69) is 0 Å². The van der Waals surface area contributed by atoms with E-state index < -0.39 is 36.3 Å². The molecule has 0 aliphatic carbocycles. The molecule has 1 aliphatic rings. The molecule has 4 nitrogen and oxygen atoms in total. The summed E-state index contributed by atoms with van der Waals surface area (Å²) in [5.74, 6) is -1.57. The van der Waals surface area contributed by atoms with Crippen molar-refractivity contribution in [3.8, 4) is 0 Å². The van der Waals surface area contributed by atoms with Gasteiger partial charge < -0.3 is 14.6 Å². The molecule has 88 valence electrons. The van der Waals surface area contributed by atoms with Gasteiger partial charge in [0.15, 0.2) is 11.6 Å². The third-order valence-corrected chi connectivity index (χ3v) is 2.12. The van der Waals surface area contributed by atoms with Crippen LogP contribution in [0.4, 0.5) is 8.78 Å². The van der Waals surface area contributed by atoms with E-state index in [-0.39, 0.29) is 0 Å². The van der Waals surface area contributed by atoms with Gasteiger partial charge in [0.05, 0.1) is 0 Å². The van der Waals surface area contributed by atoms with Gasteiger partial charge in [0.2, 0.25) is 0 Å². The highest BCUT2D eigenvalue weighted by Gasteiger charge is 2.49. The lowest BCUT2D eigenvalue weighted by molar-refractivity contribution is -0.166. The van der Waals surface area contributed by atoms with Crippen LogP contribution < -0.4 is 0 Å². The molecule has 0 radical (unpaired) electrons. The monoisotopic (exact) mass is 224 g/mol. The summed E-state index contributed by atoms with van der Waals surface area (Å²) in [7, 11) is 0. The number of aliphatic hydroxyl groups excluding tert-OH is 1. The van der Waals surface area contributed by atoms with Crippen molar-refractivity contribution in [3.05, 3.63) is 0 Å². The second-order valence-corrected chi connectivity index (χ2v) is 3.96. The van der Waals surface area contributed by atoms with Crippen LogP contribution in [0.1, 0.15) is 20.8 Å². The van der Waals surface area contributed by atoms with E-state index in [1.165, 1.54) is 20.8 Å². The molecule has 0 aromatic heterocycles. The fraction of sp³-hybridized carbons (Fsp3) is 0.889. The highest BCUT2D eigenvalue weighted by molar-refractivity contribution is 5.81. The van der Waals surface area contributed by atoms with Crippen LogP contribution in [-0.2, 0) is 14.3 Å². The molecule has 1 N–H and O–H groups in total. The summed E-state index contributed by atoms with van der Waals surface area (Å²) in [6.45, 7) is 4.21. The Balaban J connectivity index is 2.82. The molecule has 1 heterocycles. The summed E-state index contributed by atoms with van der Waals surface area (Å²) < 4.78 is 34.7. The zero-order chi connectivity index (χ0) is 11.8. The average Bonchev–Trinajstić information content (AvgIpc) is 2.40. The van der Waals surface area contributed by atoms with Gasteiger partial charge in [0.1, 0.15) is 18.3 Å². The number of hydrogen-bond acceptors (Lipinski definition) is 4. The summed E-state index contributed by atoms with van der Waals surface area (Å²) >= 11 is 0. The molecule has 3 atom stereocenters. The molecule has 0 spiro atoms. The summed E-state index contributed by atoms with van der Waals surface area (Å²) in [5, 5.41) is 9.17. The van der Waals surface area contributed by atoms with Crippen molar-refractivity contribution in [1.82, 2.24) is 0 Å². The lowest BCUT2D eigenvalue weighted by Crippen LogP contribution is -2.42. The van der Waals surface area contributed by atoms with Crippen LogP contribution in [-0.4, -0.2) is 41.4 Å². The van der Waals surface area contributed by atoms with E-state index in [9.17, 15) is 18.7 Å². The summed E-state index contributed by atoms with van der Waals surface area (Å²) in [5.41, 5.74) is 0. The largest absolute Gasteiger partial charge is 0.384 e. The van der Waals surface area contributed by atoms with E-state index in [1.807, 2.05) is 0 Å². The van der Waals surface area contributed by atoms with Crippen LogP contribution in [0.5, 0.6) is 0 Å². The van der Waals surface area contributed by atoms with Gasteiger partial charge in [-0.3, -0.25) is 4.79 Å². The van der Waals surface area contributed by atoms with E-state index >= 15 is 0 Å². The van der Waals surface area contributed by atoms with Crippen LogP contribution in [0.15, 0.2) is 0 Å². The quantitative estimate of drug-likeness (QED) is 0.767.